The number of aromatic hydroxyl groups is 1. The largest absolute Gasteiger partial charge is 0.508 e. The van der Waals surface area contributed by atoms with Gasteiger partial charge in [-0.15, -0.1) is 0 Å². The van der Waals surface area contributed by atoms with Crippen LogP contribution in [-0.2, 0) is 6.54 Å². The molecule has 6 heteroatoms. The number of nitrogens with zero attached hydrogens (tertiary/aromatic N) is 2. The number of aromatic nitrogens is 2. The third-order valence-electron chi connectivity index (χ3n) is 5.12. The first-order valence-corrected chi connectivity index (χ1v) is 10.2. The van der Waals surface area contributed by atoms with E-state index in [1.54, 1.807) is 12.1 Å². The number of phenolic OH excluding ortho intramolecular Hbond substituents is 1. The number of phenols is 1. The topological polar surface area (TPSA) is 62.1 Å². The van der Waals surface area contributed by atoms with Crippen LogP contribution in [0.15, 0.2) is 54.9 Å². The predicted molar refractivity (Wildman–Crippen MR) is 114 cm³/mol. The molecule has 3 aromatic rings. The lowest BCUT2D eigenvalue weighted by atomic mass is 9.96. The number of halogens is 1. The number of anilines is 1. The number of hydrogen-bond acceptors (Lipinski definition) is 4. The van der Waals surface area contributed by atoms with Gasteiger partial charge in [-0.3, -0.25) is 4.68 Å². The minimum absolute atomic E-state index is 0.264. The summed E-state index contributed by atoms with van der Waals surface area (Å²) in [6.45, 7) is 0.586. The summed E-state index contributed by atoms with van der Waals surface area (Å²) in [6.07, 6.45) is 10.2. The van der Waals surface area contributed by atoms with Crippen molar-refractivity contribution in [2.75, 3.05) is 10.7 Å². The van der Waals surface area contributed by atoms with Crippen molar-refractivity contribution in [2.24, 2.45) is 0 Å². The number of nitrogens with one attached hydrogen (secondary N) is 2. The zero-order chi connectivity index (χ0) is 19.3. The smallest absolute Gasteiger partial charge is 0.126 e. The molecule has 0 saturated heterocycles. The van der Waals surface area contributed by atoms with Crippen LogP contribution in [0.3, 0.4) is 0 Å². The lowest BCUT2D eigenvalue weighted by Crippen LogP contribution is -2.28. The Morgan fingerprint density at radius 2 is 1.89 bits per heavy atom. The minimum Gasteiger partial charge on any atom is -0.508 e. The first kappa shape index (κ1) is 18.7. The molecule has 5 nitrogen and oxygen atoms in total. The van der Waals surface area contributed by atoms with Gasteiger partial charge in [0.25, 0.3) is 0 Å². The summed E-state index contributed by atoms with van der Waals surface area (Å²) in [6, 6.07) is 13.6. The van der Waals surface area contributed by atoms with Crippen molar-refractivity contribution >= 4 is 17.4 Å². The Hall–Kier alpha value is -2.66. The lowest BCUT2D eigenvalue weighted by molar-refractivity contribution is 0.438. The molecule has 2 heterocycles. The van der Waals surface area contributed by atoms with Gasteiger partial charge in [0.05, 0.1) is 10.7 Å². The van der Waals surface area contributed by atoms with Crippen molar-refractivity contribution < 1.29 is 5.11 Å². The van der Waals surface area contributed by atoms with Crippen LogP contribution in [0.1, 0.15) is 37.7 Å². The second-order valence-corrected chi connectivity index (χ2v) is 7.73. The van der Waals surface area contributed by atoms with E-state index < -0.39 is 0 Å². The fraction of sp³-hybridized carbons (Fsp3) is 0.318. The molecule has 0 aliphatic heterocycles. The van der Waals surface area contributed by atoms with Gasteiger partial charge < -0.3 is 15.8 Å². The maximum Gasteiger partial charge on any atom is 0.126 e. The van der Waals surface area contributed by atoms with Gasteiger partial charge in [-0.05, 0) is 42.7 Å². The molecule has 0 unspecified atom stereocenters. The van der Waals surface area contributed by atoms with Gasteiger partial charge >= 0.3 is 0 Å². The van der Waals surface area contributed by atoms with Gasteiger partial charge in [0, 0.05) is 30.5 Å². The van der Waals surface area contributed by atoms with Crippen LogP contribution in [0.4, 0.5) is 5.82 Å². The highest BCUT2D eigenvalue weighted by atomic mass is 35.5. The highest BCUT2D eigenvalue weighted by Crippen LogP contribution is 2.29. The maximum atomic E-state index is 9.59. The molecule has 1 saturated carbocycles. The molecule has 3 N–H and O–H groups in total. The van der Waals surface area contributed by atoms with E-state index in [0.29, 0.717) is 17.6 Å². The molecule has 1 aromatic carbocycles. The Morgan fingerprint density at radius 1 is 1.07 bits per heavy atom. The van der Waals surface area contributed by atoms with Crippen LogP contribution >= 0.6 is 11.6 Å². The van der Waals surface area contributed by atoms with E-state index in [-0.39, 0.29) is 5.75 Å². The van der Waals surface area contributed by atoms with Crippen molar-refractivity contribution in [3.05, 3.63) is 65.4 Å². The van der Waals surface area contributed by atoms with Crippen molar-refractivity contribution in [3.8, 4) is 17.0 Å². The Kier molecular flexibility index (Phi) is 5.72. The zero-order valence-electron chi connectivity index (χ0n) is 15.7. The molecule has 0 spiro atoms. The summed E-state index contributed by atoms with van der Waals surface area (Å²) < 4.78 is 1.97. The van der Waals surface area contributed by atoms with Gasteiger partial charge in [0.15, 0.2) is 0 Å². The normalized spacial score (nSPS) is 14.8. The number of hydrogen-bond donors (Lipinski definition) is 3. The summed E-state index contributed by atoms with van der Waals surface area (Å²) in [5, 5.41) is 13.6. The summed E-state index contributed by atoms with van der Waals surface area (Å²) in [5.41, 5.74) is 6.27. The first-order valence-electron chi connectivity index (χ1n) is 9.80. The molecule has 0 radical (unpaired) electrons. The van der Waals surface area contributed by atoms with E-state index in [4.69, 9.17) is 16.6 Å². The fourth-order valence-electron chi connectivity index (χ4n) is 3.68. The summed E-state index contributed by atoms with van der Waals surface area (Å²) >= 11 is 6.49. The highest BCUT2D eigenvalue weighted by Gasteiger charge is 2.15. The minimum atomic E-state index is 0.264. The standard InChI is InChI=1S/C22H25ClN4O/c23-20-15-27(26-17-7-2-1-3-8-17)14-19(20)21-10-5-11-22(25-21)24-13-16-6-4-9-18(28)12-16/h4-6,9-12,14-15,17,26,28H,1-3,7-8,13H2,(H,24,25). The molecular weight excluding hydrogens is 372 g/mol. The van der Waals surface area contributed by atoms with Crippen LogP contribution in [0, 0.1) is 0 Å². The van der Waals surface area contributed by atoms with Crippen molar-refractivity contribution in [1.82, 2.24) is 9.66 Å². The van der Waals surface area contributed by atoms with Crippen LogP contribution in [0.5, 0.6) is 5.75 Å². The Morgan fingerprint density at radius 3 is 2.71 bits per heavy atom. The number of rotatable bonds is 6. The Balaban J connectivity index is 1.46. The average molecular weight is 397 g/mol. The molecular formula is C22H25ClN4O. The molecule has 2 aromatic heterocycles. The monoisotopic (exact) mass is 396 g/mol. The van der Waals surface area contributed by atoms with E-state index in [1.807, 2.05) is 47.4 Å². The molecule has 4 rings (SSSR count). The van der Waals surface area contributed by atoms with Gasteiger partial charge in [0.2, 0.25) is 0 Å². The van der Waals surface area contributed by atoms with Crippen molar-refractivity contribution in [3.63, 3.8) is 0 Å². The van der Waals surface area contributed by atoms with Crippen LogP contribution in [0.25, 0.3) is 11.3 Å². The van der Waals surface area contributed by atoms with Crippen LogP contribution in [0.2, 0.25) is 5.02 Å². The SMILES string of the molecule is Oc1cccc(CNc2cccc(-c3cn(NC4CCCCC4)cc3Cl)n2)c1. The predicted octanol–water partition coefficient (Wildman–Crippen LogP) is 5.40. The molecule has 1 aliphatic carbocycles. The Bertz CT molecular complexity index is 934. The molecule has 1 aliphatic rings. The second kappa shape index (κ2) is 8.57. The quantitative estimate of drug-likeness (QED) is 0.522. The Labute approximate surface area is 170 Å². The third kappa shape index (κ3) is 4.60. The molecule has 0 bridgehead atoms. The molecule has 1 fully saturated rings. The summed E-state index contributed by atoms with van der Waals surface area (Å²) in [5.74, 6) is 1.03. The average Bonchev–Trinajstić information content (AvgIpc) is 3.07. The molecule has 0 amide bonds. The number of benzene rings is 1. The van der Waals surface area contributed by atoms with E-state index >= 15 is 0 Å². The van der Waals surface area contributed by atoms with Gasteiger partial charge in [-0.1, -0.05) is 49.1 Å². The summed E-state index contributed by atoms with van der Waals surface area (Å²) in [7, 11) is 0. The van der Waals surface area contributed by atoms with Gasteiger partial charge in [0.1, 0.15) is 11.6 Å². The lowest BCUT2D eigenvalue weighted by Gasteiger charge is -2.24. The van der Waals surface area contributed by atoms with Gasteiger partial charge in [-0.25, -0.2) is 4.98 Å². The van der Waals surface area contributed by atoms with Crippen LogP contribution < -0.4 is 10.7 Å². The zero-order valence-corrected chi connectivity index (χ0v) is 16.5. The second-order valence-electron chi connectivity index (χ2n) is 7.32. The maximum absolute atomic E-state index is 9.59. The summed E-state index contributed by atoms with van der Waals surface area (Å²) in [4.78, 5) is 4.70. The van der Waals surface area contributed by atoms with E-state index in [9.17, 15) is 5.11 Å². The van der Waals surface area contributed by atoms with E-state index in [2.05, 4.69) is 10.7 Å². The van der Waals surface area contributed by atoms with Gasteiger partial charge in [-0.2, -0.15) is 0 Å². The van der Waals surface area contributed by atoms with E-state index in [1.165, 1.54) is 32.1 Å². The fourth-order valence-corrected chi connectivity index (χ4v) is 3.93. The highest BCUT2D eigenvalue weighted by molar-refractivity contribution is 6.33. The molecule has 146 valence electrons. The van der Waals surface area contributed by atoms with Crippen LogP contribution in [-0.4, -0.2) is 20.8 Å². The van der Waals surface area contributed by atoms with Crippen molar-refractivity contribution in [1.29, 1.82) is 0 Å². The molecule has 28 heavy (non-hydrogen) atoms. The third-order valence-corrected chi connectivity index (χ3v) is 5.43. The molecule has 0 atom stereocenters. The number of pyridine rings is 1. The first-order chi connectivity index (χ1) is 13.7. The van der Waals surface area contributed by atoms with E-state index in [0.717, 1.165) is 22.6 Å². The van der Waals surface area contributed by atoms with Crippen molar-refractivity contribution in [2.45, 2.75) is 44.7 Å².